The Morgan fingerprint density at radius 3 is 2.79 bits per heavy atom. The number of ether oxygens (including phenoxy) is 2. The Morgan fingerprint density at radius 2 is 2.21 bits per heavy atom. The van der Waals surface area contributed by atoms with E-state index in [1.807, 2.05) is 6.07 Å². The van der Waals surface area contributed by atoms with Crippen LogP contribution < -0.4 is 9.47 Å². The van der Waals surface area contributed by atoms with E-state index in [2.05, 4.69) is 15.9 Å². The van der Waals surface area contributed by atoms with Gasteiger partial charge in [0, 0.05) is 10.9 Å². The van der Waals surface area contributed by atoms with Crippen molar-refractivity contribution in [1.82, 2.24) is 0 Å². The molecule has 0 saturated carbocycles. The summed E-state index contributed by atoms with van der Waals surface area (Å²) in [6.07, 6.45) is 0. The molecular formula is C10H12BrFO2. The molecule has 1 rings (SSSR count). The van der Waals surface area contributed by atoms with Gasteiger partial charge in [-0.15, -0.1) is 0 Å². The fourth-order valence-corrected chi connectivity index (χ4v) is 1.51. The van der Waals surface area contributed by atoms with Crippen molar-refractivity contribution in [2.24, 2.45) is 0 Å². The second-order valence-corrected chi connectivity index (χ2v) is 3.21. The Bertz CT molecular complexity index is 291. The molecule has 14 heavy (non-hydrogen) atoms. The van der Waals surface area contributed by atoms with Crippen molar-refractivity contribution in [1.29, 1.82) is 0 Å². The lowest BCUT2D eigenvalue weighted by molar-refractivity contribution is 0.271. The van der Waals surface area contributed by atoms with Gasteiger partial charge in [0.15, 0.2) is 0 Å². The standard InChI is InChI=1S/C10H12BrFO2/c1-13-9-2-3-10(14-5-4-12)8(6-9)7-11/h2-3,6H,4-5,7H2,1H3. The van der Waals surface area contributed by atoms with E-state index in [1.54, 1.807) is 19.2 Å². The summed E-state index contributed by atoms with van der Waals surface area (Å²) in [4.78, 5) is 0. The fraction of sp³-hybridized carbons (Fsp3) is 0.400. The van der Waals surface area contributed by atoms with Gasteiger partial charge in [0.2, 0.25) is 0 Å². The van der Waals surface area contributed by atoms with E-state index in [4.69, 9.17) is 9.47 Å². The van der Waals surface area contributed by atoms with Crippen LogP contribution in [0.5, 0.6) is 11.5 Å². The van der Waals surface area contributed by atoms with Gasteiger partial charge in [-0.1, -0.05) is 15.9 Å². The number of rotatable bonds is 5. The van der Waals surface area contributed by atoms with Gasteiger partial charge in [-0.05, 0) is 18.2 Å². The molecule has 0 atom stereocenters. The van der Waals surface area contributed by atoms with Crippen LogP contribution in [0, 0.1) is 0 Å². The number of hydrogen-bond acceptors (Lipinski definition) is 2. The summed E-state index contributed by atoms with van der Waals surface area (Å²) in [5, 5.41) is 0.659. The smallest absolute Gasteiger partial charge is 0.123 e. The van der Waals surface area contributed by atoms with Crippen LogP contribution >= 0.6 is 15.9 Å². The number of methoxy groups -OCH3 is 1. The second kappa shape index (κ2) is 5.86. The van der Waals surface area contributed by atoms with Gasteiger partial charge in [0.1, 0.15) is 24.8 Å². The molecule has 0 spiro atoms. The Kier molecular flexibility index (Phi) is 4.73. The van der Waals surface area contributed by atoms with Crippen molar-refractivity contribution in [2.45, 2.75) is 5.33 Å². The highest BCUT2D eigenvalue weighted by Gasteiger charge is 2.04. The molecule has 0 aliphatic heterocycles. The summed E-state index contributed by atoms with van der Waals surface area (Å²) in [7, 11) is 1.61. The molecule has 1 aromatic rings. The van der Waals surface area contributed by atoms with E-state index in [9.17, 15) is 4.39 Å². The first-order chi connectivity index (χ1) is 6.81. The molecule has 0 bridgehead atoms. The largest absolute Gasteiger partial charge is 0.497 e. The summed E-state index contributed by atoms with van der Waals surface area (Å²) in [6.45, 7) is -0.389. The highest BCUT2D eigenvalue weighted by molar-refractivity contribution is 9.08. The zero-order chi connectivity index (χ0) is 10.4. The quantitative estimate of drug-likeness (QED) is 0.760. The maximum Gasteiger partial charge on any atom is 0.123 e. The van der Waals surface area contributed by atoms with E-state index in [1.165, 1.54) is 0 Å². The Balaban J connectivity index is 2.82. The Labute approximate surface area is 91.2 Å². The molecule has 0 N–H and O–H groups in total. The van der Waals surface area contributed by atoms with E-state index < -0.39 is 6.67 Å². The molecule has 1 aromatic carbocycles. The predicted octanol–water partition coefficient (Wildman–Crippen LogP) is 2.94. The molecule has 0 fully saturated rings. The Hall–Kier alpha value is -0.770. The van der Waals surface area contributed by atoms with Crippen LogP contribution in [-0.2, 0) is 5.33 Å². The van der Waals surface area contributed by atoms with Crippen molar-refractivity contribution < 1.29 is 13.9 Å². The summed E-state index contributed by atoms with van der Waals surface area (Å²) in [6, 6.07) is 5.44. The topological polar surface area (TPSA) is 18.5 Å². The monoisotopic (exact) mass is 262 g/mol. The lowest BCUT2D eigenvalue weighted by atomic mass is 10.2. The zero-order valence-electron chi connectivity index (χ0n) is 7.93. The van der Waals surface area contributed by atoms with Crippen LogP contribution in [-0.4, -0.2) is 20.4 Å². The van der Waals surface area contributed by atoms with Crippen molar-refractivity contribution in [3.63, 3.8) is 0 Å². The molecule has 0 aliphatic rings. The number of hydrogen-bond donors (Lipinski definition) is 0. The SMILES string of the molecule is COc1ccc(OCCF)c(CBr)c1. The third kappa shape index (κ3) is 2.87. The highest BCUT2D eigenvalue weighted by atomic mass is 79.9. The molecule has 0 aliphatic carbocycles. The van der Waals surface area contributed by atoms with Crippen LogP contribution in [0.15, 0.2) is 18.2 Å². The van der Waals surface area contributed by atoms with Gasteiger partial charge < -0.3 is 9.47 Å². The van der Waals surface area contributed by atoms with Gasteiger partial charge in [0.05, 0.1) is 7.11 Å². The first-order valence-corrected chi connectivity index (χ1v) is 5.35. The lowest BCUT2D eigenvalue weighted by Crippen LogP contribution is -2.01. The molecule has 2 nitrogen and oxygen atoms in total. The van der Waals surface area contributed by atoms with Crippen LogP contribution in [0.2, 0.25) is 0 Å². The van der Waals surface area contributed by atoms with E-state index in [-0.39, 0.29) is 6.61 Å². The van der Waals surface area contributed by atoms with E-state index >= 15 is 0 Å². The average molecular weight is 263 g/mol. The second-order valence-electron chi connectivity index (χ2n) is 2.64. The maximum absolute atomic E-state index is 11.9. The summed E-state index contributed by atoms with van der Waals surface area (Å²) < 4.78 is 22.2. The molecule has 0 amide bonds. The van der Waals surface area contributed by atoms with Gasteiger partial charge in [-0.25, -0.2) is 4.39 Å². The Morgan fingerprint density at radius 1 is 1.43 bits per heavy atom. The molecule has 78 valence electrons. The fourth-order valence-electron chi connectivity index (χ4n) is 1.08. The minimum Gasteiger partial charge on any atom is -0.497 e. The summed E-state index contributed by atoms with van der Waals surface area (Å²) in [5.41, 5.74) is 0.956. The highest BCUT2D eigenvalue weighted by Crippen LogP contribution is 2.26. The molecule has 0 aromatic heterocycles. The molecule has 0 saturated heterocycles. The maximum atomic E-state index is 11.9. The number of halogens is 2. The molecule has 4 heteroatoms. The first-order valence-electron chi connectivity index (χ1n) is 4.23. The predicted molar refractivity (Wildman–Crippen MR) is 57.1 cm³/mol. The molecule has 0 unspecified atom stereocenters. The summed E-state index contributed by atoms with van der Waals surface area (Å²) >= 11 is 3.33. The average Bonchev–Trinajstić information content (AvgIpc) is 2.26. The minimum atomic E-state index is -0.478. The number of benzene rings is 1. The van der Waals surface area contributed by atoms with Crippen molar-refractivity contribution in [3.8, 4) is 11.5 Å². The van der Waals surface area contributed by atoms with E-state index in [0.717, 1.165) is 11.3 Å². The molecule has 0 heterocycles. The third-order valence-electron chi connectivity index (χ3n) is 1.75. The minimum absolute atomic E-state index is 0.0896. The molecular weight excluding hydrogens is 251 g/mol. The van der Waals surface area contributed by atoms with Gasteiger partial charge in [0.25, 0.3) is 0 Å². The first kappa shape index (κ1) is 11.3. The van der Waals surface area contributed by atoms with Crippen LogP contribution in [0.3, 0.4) is 0 Å². The zero-order valence-corrected chi connectivity index (χ0v) is 9.51. The van der Waals surface area contributed by atoms with Crippen molar-refractivity contribution in [2.75, 3.05) is 20.4 Å². The van der Waals surface area contributed by atoms with Crippen molar-refractivity contribution >= 4 is 15.9 Å². The lowest BCUT2D eigenvalue weighted by Gasteiger charge is -2.09. The van der Waals surface area contributed by atoms with Gasteiger partial charge in [-0.3, -0.25) is 0 Å². The van der Waals surface area contributed by atoms with Crippen molar-refractivity contribution in [3.05, 3.63) is 23.8 Å². The van der Waals surface area contributed by atoms with Crippen LogP contribution in [0.25, 0.3) is 0 Å². The van der Waals surface area contributed by atoms with E-state index in [0.29, 0.717) is 11.1 Å². The normalized spacial score (nSPS) is 9.93. The van der Waals surface area contributed by atoms with Crippen LogP contribution in [0.1, 0.15) is 5.56 Å². The summed E-state index contributed by atoms with van der Waals surface area (Å²) in [5.74, 6) is 1.47. The third-order valence-corrected chi connectivity index (χ3v) is 2.35. The number of alkyl halides is 2. The van der Waals surface area contributed by atoms with Gasteiger partial charge in [-0.2, -0.15) is 0 Å². The van der Waals surface area contributed by atoms with Crippen LogP contribution in [0.4, 0.5) is 4.39 Å². The molecule has 0 radical (unpaired) electrons. The van der Waals surface area contributed by atoms with Gasteiger partial charge >= 0.3 is 0 Å².